The molecule has 3 unspecified atom stereocenters. The largest absolute Gasteiger partial charge is 0.435 e. The van der Waals surface area contributed by atoms with Gasteiger partial charge in [0, 0.05) is 23.2 Å². The Morgan fingerprint density at radius 1 is 1.08 bits per heavy atom. The van der Waals surface area contributed by atoms with E-state index in [0.717, 1.165) is 35.1 Å². The zero-order valence-electron chi connectivity index (χ0n) is 22.1. The van der Waals surface area contributed by atoms with Crippen molar-refractivity contribution in [2.75, 3.05) is 0 Å². The van der Waals surface area contributed by atoms with Crippen molar-refractivity contribution in [1.82, 2.24) is 4.98 Å². The molecule has 3 aromatic rings. The Morgan fingerprint density at radius 3 is 2.50 bits per heavy atom. The van der Waals surface area contributed by atoms with E-state index < -0.39 is 12.2 Å². The smallest absolute Gasteiger partial charge is 0.387 e. The minimum Gasteiger partial charge on any atom is -0.435 e. The number of benzene rings is 2. The lowest BCUT2D eigenvalue weighted by atomic mass is 9.70. The molecule has 6 atom stereocenters. The molecule has 0 saturated heterocycles. The average molecular weight is 518 g/mol. The number of hydrogen-bond donors (Lipinski definition) is 1. The van der Waals surface area contributed by atoms with E-state index in [4.69, 9.17) is 4.74 Å². The summed E-state index contributed by atoms with van der Waals surface area (Å²) < 4.78 is 32.1. The summed E-state index contributed by atoms with van der Waals surface area (Å²) in [6, 6.07) is 15.7. The van der Waals surface area contributed by atoms with Crippen LogP contribution in [0.2, 0.25) is 0 Å². The van der Waals surface area contributed by atoms with Crippen molar-refractivity contribution in [3.05, 3.63) is 82.7 Å². The molecular formula is C32H33F2NO3. The summed E-state index contributed by atoms with van der Waals surface area (Å²) in [6.45, 7) is 4.27. The third-order valence-corrected chi connectivity index (χ3v) is 9.30. The zero-order chi connectivity index (χ0) is 26.9. The molecule has 1 N–H and O–H groups in total. The molecule has 3 aliphatic rings. The maximum absolute atomic E-state index is 13.5. The van der Waals surface area contributed by atoms with E-state index in [2.05, 4.69) is 30.1 Å². The Labute approximate surface area is 222 Å². The number of hydrogen-bond acceptors (Lipinski definition) is 4. The van der Waals surface area contributed by atoms with Crippen LogP contribution in [0.5, 0.6) is 5.75 Å². The van der Waals surface area contributed by atoms with E-state index in [1.54, 1.807) is 39.1 Å². The quantitative estimate of drug-likeness (QED) is 0.398. The summed E-state index contributed by atoms with van der Waals surface area (Å²) in [5.41, 5.74) is 5.91. The average Bonchev–Trinajstić information content (AvgIpc) is 3.36. The summed E-state index contributed by atoms with van der Waals surface area (Å²) in [5.74, 6) is 0.821. The van der Waals surface area contributed by atoms with Crippen LogP contribution < -0.4 is 4.74 Å². The second kappa shape index (κ2) is 8.98. The summed E-state index contributed by atoms with van der Waals surface area (Å²) >= 11 is 0. The minimum atomic E-state index is -2.90. The van der Waals surface area contributed by atoms with Gasteiger partial charge < -0.3 is 9.84 Å². The molecule has 4 nitrogen and oxygen atoms in total. The summed E-state index contributed by atoms with van der Waals surface area (Å²) in [6.07, 6.45) is 3.48. The molecule has 6 heteroatoms. The molecule has 0 radical (unpaired) electrons. The van der Waals surface area contributed by atoms with Gasteiger partial charge in [-0.15, -0.1) is 0 Å². The van der Waals surface area contributed by atoms with Crippen LogP contribution in [0.15, 0.2) is 54.7 Å². The van der Waals surface area contributed by atoms with E-state index >= 15 is 0 Å². The molecule has 38 heavy (non-hydrogen) atoms. The lowest BCUT2D eigenvalue weighted by Crippen LogP contribution is -2.31. The standard InChI is InChI=1S/C32H33F2NO3/c1-16-21-6-5-7-26(38-31(33)34)30(21)25-14-24(28(16)17(2)36)23-13-19-9-8-18(12-22(19)29(23)25)20-10-11-27(35-15-20)32(3,4)37/h5-12,15-16,23-25,28-29,31,37H,13-14H2,1-4H3/t16-,23?,24?,25?,28+,29-/m0/s1. The lowest BCUT2D eigenvalue weighted by molar-refractivity contribution is -0.123. The maximum atomic E-state index is 13.5. The van der Waals surface area contributed by atoms with Crippen LogP contribution in [-0.2, 0) is 16.8 Å². The molecule has 0 aliphatic heterocycles. The SMILES string of the molecule is CC(=O)[C@@H]1C2CC(c3c(OC(F)F)cccc3[C@@H]1C)[C@H]1c3cc(-c4ccc(C(C)(C)O)nc4)ccc3CC21. The van der Waals surface area contributed by atoms with Gasteiger partial charge in [-0.25, -0.2) is 0 Å². The van der Waals surface area contributed by atoms with Gasteiger partial charge in [0.05, 0.1) is 5.69 Å². The number of aromatic nitrogens is 1. The van der Waals surface area contributed by atoms with E-state index in [-0.39, 0.29) is 47.0 Å². The number of rotatable bonds is 5. The molecule has 198 valence electrons. The van der Waals surface area contributed by atoms with Crippen LogP contribution in [0, 0.1) is 17.8 Å². The van der Waals surface area contributed by atoms with Crippen molar-refractivity contribution in [2.45, 2.75) is 70.5 Å². The van der Waals surface area contributed by atoms with Crippen LogP contribution in [-0.4, -0.2) is 22.5 Å². The monoisotopic (exact) mass is 517 g/mol. The number of ketones is 1. The molecule has 1 heterocycles. The predicted octanol–water partition coefficient (Wildman–Crippen LogP) is 6.96. The molecule has 0 spiro atoms. The number of carbonyl (C=O) groups is 1. The number of nitrogens with zero attached hydrogens (tertiary/aromatic N) is 1. The second-order valence-electron chi connectivity index (χ2n) is 11.9. The van der Waals surface area contributed by atoms with Crippen molar-refractivity contribution < 1.29 is 23.4 Å². The maximum Gasteiger partial charge on any atom is 0.387 e. The number of fused-ring (bicyclic) bond motifs is 9. The fourth-order valence-corrected chi connectivity index (χ4v) is 7.84. The van der Waals surface area contributed by atoms with Gasteiger partial charge in [0.15, 0.2) is 0 Å². The zero-order valence-corrected chi connectivity index (χ0v) is 22.1. The second-order valence-corrected chi connectivity index (χ2v) is 11.9. The van der Waals surface area contributed by atoms with Crippen LogP contribution in [0.1, 0.15) is 79.8 Å². The Bertz CT molecular complexity index is 1390. The van der Waals surface area contributed by atoms with E-state index in [1.165, 1.54) is 11.1 Å². The molecule has 2 bridgehead atoms. The molecule has 1 fully saturated rings. The summed E-state index contributed by atoms with van der Waals surface area (Å²) in [5, 5.41) is 10.3. The normalized spacial score (nSPS) is 27.5. The Kier molecular flexibility index (Phi) is 5.95. The molecule has 6 rings (SSSR count). The number of Topliss-reactive ketones (excluding diaryl/α,β-unsaturated/α-hetero) is 1. The number of halogens is 2. The van der Waals surface area contributed by atoms with Crippen molar-refractivity contribution in [2.24, 2.45) is 17.8 Å². The highest BCUT2D eigenvalue weighted by Gasteiger charge is 2.56. The Morgan fingerprint density at radius 2 is 1.84 bits per heavy atom. The third-order valence-electron chi connectivity index (χ3n) is 9.30. The molecule has 3 aliphatic carbocycles. The van der Waals surface area contributed by atoms with Gasteiger partial charge in [0.2, 0.25) is 0 Å². The number of aliphatic hydroxyl groups is 1. The van der Waals surface area contributed by atoms with Crippen molar-refractivity contribution >= 4 is 5.78 Å². The topological polar surface area (TPSA) is 59.4 Å². The molecular weight excluding hydrogens is 484 g/mol. The first kappa shape index (κ1) is 25.2. The van der Waals surface area contributed by atoms with Gasteiger partial charge in [-0.3, -0.25) is 9.78 Å². The summed E-state index contributed by atoms with van der Waals surface area (Å²) in [7, 11) is 0. The third kappa shape index (κ3) is 3.96. The highest BCUT2D eigenvalue weighted by molar-refractivity contribution is 5.80. The van der Waals surface area contributed by atoms with Gasteiger partial charge in [0.1, 0.15) is 17.1 Å². The van der Waals surface area contributed by atoms with Crippen LogP contribution >= 0.6 is 0 Å². The first-order chi connectivity index (χ1) is 18.0. The molecule has 0 amide bonds. The van der Waals surface area contributed by atoms with E-state index in [9.17, 15) is 18.7 Å². The molecule has 1 aromatic heterocycles. The summed E-state index contributed by atoms with van der Waals surface area (Å²) in [4.78, 5) is 17.5. The van der Waals surface area contributed by atoms with Crippen LogP contribution in [0.25, 0.3) is 11.1 Å². The van der Waals surface area contributed by atoms with Crippen LogP contribution in [0.4, 0.5) is 8.78 Å². The first-order valence-corrected chi connectivity index (χ1v) is 13.4. The van der Waals surface area contributed by atoms with E-state index in [1.807, 2.05) is 18.2 Å². The number of ether oxygens (including phenoxy) is 1. The number of carbonyl (C=O) groups excluding carboxylic acids is 1. The van der Waals surface area contributed by atoms with E-state index in [0.29, 0.717) is 5.69 Å². The van der Waals surface area contributed by atoms with Gasteiger partial charge in [-0.2, -0.15) is 8.78 Å². The predicted molar refractivity (Wildman–Crippen MR) is 141 cm³/mol. The van der Waals surface area contributed by atoms with Crippen molar-refractivity contribution in [1.29, 1.82) is 0 Å². The molecule has 1 saturated carbocycles. The van der Waals surface area contributed by atoms with Gasteiger partial charge in [-0.1, -0.05) is 43.3 Å². The van der Waals surface area contributed by atoms with Crippen molar-refractivity contribution in [3.63, 3.8) is 0 Å². The van der Waals surface area contributed by atoms with Crippen molar-refractivity contribution in [3.8, 4) is 16.9 Å². The fraction of sp³-hybridized carbons (Fsp3) is 0.438. The Balaban J connectivity index is 1.47. The fourth-order valence-electron chi connectivity index (χ4n) is 7.84. The Hall–Kier alpha value is -3.12. The van der Waals surface area contributed by atoms with Gasteiger partial charge >= 0.3 is 6.61 Å². The van der Waals surface area contributed by atoms with Gasteiger partial charge in [-0.05, 0) is 97.6 Å². The number of pyridine rings is 1. The number of alkyl halides is 2. The van der Waals surface area contributed by atoms with Gasteiger partial charge in [0.25, 0.3) is 0 Å². The first-order valence-electron chi connectivity index (χ1n) is 13.4. The minimum absolute atomic E-state index is 0.00828. The van der Waals surface area contributed by atoms with Crippen LogP contribution in [0.3, 0.4) is 0 Å². The highest BCUT2D eigenvalue weighted by atomic mass is 19.3. The lowest BCUT2D eigenvalue weighted by Gasteiger charge is -2.34. The highest BCUT2D eigenvalue weighted by Crippen LogP contribution is 2.65. The molecule has 2 aromatic carbocycles.